The molecule has 1 heterocycles. The first kappa shape index (κ1) is 12.5. The lowest BCUT2D eigenvalue weighted by molar-refractivity contribution is 0.625. The molecule has 1 aromatic heterocycles. The summed E-state index contributed by atoms with van der Waals surface area (Å²) in [6, 6.07) is 8.57. The third kappa shape index (κ3) is 3.03. The average Bonchev–Trinajstić information content (AvgIpc) is 2.39. The lowest BCUT2D eigenvalue weighted by atomic mass is 10.2. The molecule has 0 aliphatic carbocycles. The highest BCUT2D eigenvalue weighted by atomic mass is 19.1. The molecule has 0 aliphatic rings. The maximum absolute atomic E-state index is 13.1. The molecular formula is C14H16FN3. The van der Waals surface area contributed by atoms with E-state index in [1.54, 1.807) is 18.5 Å². The number of nitrogens with zero attached hydrogens (tertiary/aromatic N) is 3. The molecule has 0 bridgehead atoms. The smallest absolute Gasteiger partial charge is 0.132 e. The Kier molecular flexibility index (Phi) is 3.87. The molecule has 0 fully saturated rings. The average molecular weight is 245 g/mol. The van der Waals surface area contributed by atoms with Gasteiger partial charge in [0.2, 0.25) is 0 Å². The lowest BCUT2D eigenvalue weighted by Gasteiger charge is -2.18. The highest BCUT2D eigenvalue weighted by molar-refractivity contribution is 5.39. The zero-order valence-electron chi connectivity index (χ0n) is 10.6. The van der Waals surface area contributed by atoms with Gasteiger partial charge in [-0.05, 0) is 24.1 Å². The summed E-state index contributed by atoms with van der Waals surface area (Å²) in [4.78, 5) is 10.4. The first-order valence-corrected chi connectivity index (χ1v) is 5.95. The second-order valence-electron chi connectivity index (χ2n) is 4.21. The molecule has 94 valence electrons. The minimum absolute atomic E-state index is 0.210. The molecule has 0 spiro atoms. The summed E-state index contributed by atoms with van der Waals surface area (Å²) < 4.78 is 13.1. The summed E-state index contributed by atoms with van der Waals surface area (Å²) in [6.45, 7) is 2.68. The van der Waals surface area contributed by atoms with Crippen LogP contribution in [0.3, 0.4) is 0 Å². The van der Waals surface area contributed by atoms with E-state index < -0.39 is 0 Å². The fourth-order valence-corrected chi connectivity index (χ4v) is 1.78. The molecule has 0 aliphatic heterocycles. The summed E-state index contributed by atoms with van der Waals surface area (Å²) in [6.07, 6.45) is 2.44. The molecule has 18 heavy (non-hydrogen) atoms. The van der Waals surface area contributed by atoms with Crippen molar-refractivity contribution in [3.8, 4) is 0 Å². The Balaban J connectivity index is 2.13. The molecule has 0 amide bonds. The Bertz CT molecular complexity index is 528. The van der Waals surface area contributed by atoms with Crippen LogP contribution in [-0.4, -0.2) is 17.0 Å². The number of anilines is 1. The van der Waals surface area contributed by atoms with Crippen molar-refractivity contribution in [2.45, 2.75) is 19.9 Å². The molecule has 0 N–H and O–H groups in total. The van der Waals surface area contributed by atoms with Gasteiger partial charge in [-0.15, -0.1) is 0 Å². The zero-order chi connectivity index (χ0) is 13.0. The van der Waals surface area contributed by atoms with Gasteiger partial charge in [0.1, 0.15) is 18.0 Å². The van der Waals surface area contributed by atoms with Crippen LogP contribution in [0.4, 0.5) is 10.2 Å². The third-order valence-corrected chi connectivity index (χ3v) is 2.77. The van der Waals surface area contributed by atoms with Crippen LogP contribution in [0.1, 0.15) is 18.2 Å². The molecule has 4 heteroatoms. The van der Waals surface area contributed by atoms with Gasteiger partial charge in [-0.1, -0.05) is 19.1 Å². The van der Waals surface area contributed by atoms with E-state index in [0.29, 0.717) is 6.54 Å². The first-order valence-electron chi connectivity index (χ1n) is 5.95. The highest BCUT2D eigenvalue weighted by Crippen LogP contribution is 2.13. The van der Waals surface area contributed by atoms with Crippen molar-refractivity contribution in [2.24, 2.45) is 0 Å². The van der Waals surface area contributed by atoms with Crippen molar-refractivity contribution < 1.29 is 4.39 Å². The van der Waals surface area contributed by atoms with Crippen molar-refractivity contribution in [3.05, 3.63) is 53.7 Å². The van der Waals surface area contributed by atoms with Crippen LogP contribution >= 0.6 is 0 Å². The van der Waals surface area contributed by atoms with Gasteiger partial charge in [0.15, 0.2) is 0 Å². The fraction of sp³-hybridized carbons (Fsp3) is 0.286. The van der Waals surface area contributed by atoms with Crippen molar-refractivity contribution in [2.75, 3.05) is 11.9 Å². The largest absolute Gasteiger partial charge is 0.355 e. The van der Waals surface area contributed by atoms with Gasteiger partial charge in [0, 0.05) is 25.4 Å². The predicted octanol–water partition coefficient (Wildman–Crippen LogP) is 2.81. The number of hydrogen-bond donors (Lipinski definition) is 0. The quantitative estimate of drug-likeness (QED) is 0.829. The zero-order valence-corrected chi connectivity index (χ0v) is 10.6. The van der Waals surface area contributed by atoms with Crippen molar-refractivity contribution in [1.29, 1.82) is 0 Å². The van der Waals surface area contributed by atoms with Crippen LogP contribution in [0.15, 0.2) is 36.7 Å². The summed E-state index contributed by atoms with van der Waals surface area (Å²) in [5, 5.41) is 0. The number of aryl methyl sites for hydroxylation is 1. The molecule has 3 nitrogen and oxygen atoms in total. The van der Waals surface area contributed by atoms with Crippen LogP contribution in [0.5, 0.6) is 0 Å². The summed E-state index contributed by atoms with van der Waals surface area (Å²) in [5.74, 6) is 0.643. The van der Waals surface area contributed by atoms with Crippen LogP contribution in [-0.2, 0) is 13.0 Å². The number of hydrogen-bond acceptors (Lipinski definition) is 3. The molecule has 0 saturated carbocycles. The molecule has 0 radical (unpaired) electrons. The molecule has 2 aromatic rings. The van der Waals surface area contributed by atoms with Gasteiger partial charge in [-0.25, -0.2) is 14.4 Å². The van der Waals surface area contributed by atoms with E-state index in [1.165, 1.54) is 6.07 Å². The Hall–Kier alpha value is -1.97. The summed E-state index contributed by atoms with van der Waals surface area (Å²) >= 11 is 0. The number of rotatable bonds is 4. The summed E-state index contributed by atoms with van der Waals surface area (Å²) in [7, 11) is 1.94. The molecule has 0 atom stereocenters. The number of halogens is 1. The van der Waals surface area contributed by atoms with Crippen LogP contribution in [0.2, 0.25) is 0 Å². The van der Waals surface area contributed by atoms with Crippen LogP contribution < -0.4 is 4.90 Å². The molecule has 2 rings (SSSR count). The first-order chi connectivity index (χ1) is 8.69. The normalized spacial score (nSPS) is 10.4. The standard InChI is InChI=1S/C14H16FN3/c1-3-13-8-14(17-10-16-13)18(2)9-11-5-4-6-12(15)7-11/h4-8,10H,3,9H2,1-2H3. The third-order valence-electron chi connectivity index (χ3n) is 2.77. The van der Waals surface area contributed by atoms with Gasteiger partial charge < -0.3 is 4.90 Å². The monoisotopic (exact) mass is 245 g/mol. The van der Waals surface area contributed by atoms with E-state index in [-0.39, 0.29) is 5.82 Å². The van der Waals surface area contributed by atoms with E-state index in [1.807, 2.05) is 24.1 Å². The highest BCUT2D eigenvalue weighted by Gasteiger charge is 2.05. The van der Waals surface area contributed by atoms with Crippen LogP contribution in [0, 0.1) is 5.82 Å². The Labute approximate surface area is 106 Å². The van der Waals surface area contributed by atoms with E-state index in [0.717, 1.165) is 23.5 Å². The topological polar surface area (TPSA) is 29.0 Å². The minimum atomic E-state index is -0.210. The van der Waals surface area contributed by atoms with Crippen molar-refractivity contribution >= 4 is 5.82 Å². The van der Waals surface area contributed by atoms with Gasteiger partial charge in [0.25, 0.3) is 0 Å². The Morgan fingerprint density at radius 1 is 1.22 bits per heavy atom. The van der Waals surface area contributed by atoms with Crippen molar-refractivity contribution in [1.82, 2.24) is 9.97 Å². The number of aromatic nitrogens is 2. The van der Waals surface area contributed by atoms with Gasteiger partial charge in [-0.3, -0.25) is 0 Å². The second kappa shape index (κ2) is 5.58. The lowest BCUT2D eigenvalue weighted by Crippen LogP contribution is -2.18. The summed E-state index contributed by atoms with van der Waals surface area (Å²) in [5.41, 5.74) is 1.93. The SMILES string of the molecule is CCc1cc(N(C)Cc2cccc(F)c2)ncn1. The maximum atomic E-state index is 13.1. The minimum Gasteiger partial charge on any atom is -0.355 e. The fourth-order valence-electron chi connectivity index (χ4n) is 1.78. The second-order valence-corrected chi connectivity index (χ2v) is 4.21. The van der Waals surface area contributed by atoms with E-state index >= 15 is 0 Å². The van der Waals surface area contributed by atoms with Crippen LogP contribution in [0.25, 0.3) is 0 Å². The Morgan fingerprint density at radius 2 is 2.06 bits per heavy atom. The molecule has 1 aromatic carbocycles. The van der Waals surface area contributed by atoms with E-state index in [4.69, 9.17) is 0 Å². The number of benzene rings is 1. The predicted molar refractivity (Wildman–Crippen MR) is 69.9 cm³/mol. The Morgan fingerprint density at radius 3 is 2.78 bits per heavy atom. The molecule has 0 unspecified atom stereocenters. The van der Waals surface area contributed by atoms with Gasteiger partial charge in [-0.2, -0.15) is 0 Å². The molecule has 0 saturated heterocycles. The molecular weight excluding hydrogens is 229 g/mol. The van der Waals surface area contributed by atoms with E-state index in [9.17, 15) is 4.39 Å². The van der Waals surface area contributed by atoms with Gasteiger partial charge >= 0.3 is 0 Å². The van der Waals surface area contributed by atoms with E-state index in [2.05, 4.69) is 16.9 Å². The van der Waals surface area contributed by atoms with Gasteiger partial charge in [0.05, 0.1) is 0 Å². The maximum Gasteiger partial charge on any atom is 0.132 e. The van der Waals surface area contributed by atoms with Crippen molar-refractivity contribution in [3.63, 3.8) is 0 Å².